The zero-order chi connectivity index (χ0) is 12.3. The van der Waals surface area contributed by atoms with Crippen LogP contribution in [0.1, 0.15) is 12.5 Å². The van der Waals surface area contributed by atoms with Crippen LogP contribution in [-0.4, -0.2) is 30.9 Å². The SMILES string of the molecule is COC[C@@H](C)NC(=O)[C@@H]1Cc2ccccc2S1. The lowest BCUT2D eigenvalue weighted by Gasteiger charge is -2.15. The molecule has 4 heteroatoms. The molecule has 1 aromatic carbocycles. The van der Waals surface area contributed by atoms with E-state index in [0.29, 0.717) is 6.61 Å². The van der Waals surface area contributed by atoms with Crippen LogP contribution in [0.2, 0.25) is 0 Å². The van der Waals surface area contributed by atoms with E-state index in [9.17, 15) is 4.79 Å². The van der Waals surface area contributed by atoms with Crippen LogP contribution in [0.3, 0.4) is 0 Å². The van der Waals surface area contributed by atoms with Crippen molar-refractivity contribution >= 4 is 17.7 Å². The second kappa shape index (κ2) is 5.56. The van der Waals surface area contributed by atoms with Gasteiger partial charge in [-0.1, -0.05) is 18.2 Å². The summed E-state index contributed by atoms with van der Waals surface area (Å²) in [6, 6.07) is 8.27. The normalized spacial score (nSPS) is 19.8. The van der Waals surface area contributed by atoms with E-state index in [1.807, 2.05) is 19.1 Å². The molecule has 17 heavy (non-hydrogen) atoms. The van der Waals surface area contributed by atoms with Gasteiger partial charge in [-0.15, -0.1) is 11.8 Å². The van der Waals surface area contributed by atoms with Crippen LogP contribution >= 0.6 is 11.8 Å². The summed E-state index contributed by atoms with van der Waals surface area (Å²) >= 11 is 1.65. The van der Waals surface area contributed by atoms with Crippen molar-refractivity contribution in [1.29, 1.82) is 0 Å². The number of amides is 1. The molecule has 3 nitrogen and oxygen atoms in total. The van der Waals surface area contributed by atoms with Gasteiger partial charge in [-0.25, -0.2) is 0 Å². The zero-order valence-electron chi connectivity index (χ0n) is 10.1. The van der Waals surface area contributed by atoms with Gasteiger partial charge >= 0.3 is 0 Å². The van der Waals surface area contributed by atoms with E-state index in [4.69, 9.17) is 4.74 Å². The van der Waals surface area contributed by atoms with E-state index in [2.05, 4.69) is 17.4 Å². The molecule has 0 saturated heterocycles. The van der Waals surface area contributed by atoms with Gasteiger partial charge in [0.25, 0.3) is 0 Å². The van der Waals surface area contributed by atoms with Crippen LogP contribution < -0.4 is 5.32 Å². The Morgan fingerprint density at radius 1 is 1.59 bits per heavy atom. The fourth-order valence-electron chi connectivity index (χ4n) is 1.96. The molecule has 92 valence electrons. The van der Waals surface area contributed by atoms with Gasteiger partial charge in [0.2, 0.25) is 5.91 Å². The third-order valence-electron chi connectivity index (χ3n) is 2.74. The number of methoxy groups -OCH3 is 1. The van der Waals surface area contributed by atoms with Crippen LogP contribution in [0.5, 0.6) is 0 Å². The molecule has 0 aromatic heterocycles. The van der Waals surface area contributed by atoms with E-state index in [-0.39, 0.29) is 17.2 Å². The smallest absolute Gasteiger partial charge is 0.234 e. The summed E-state index contributed by atoms with van der Waals surface area (Å²) in [6.07, 6.45) is 0.826. The standard InChI is InChI=1S/C13H17NO2S/c1-9(8-16-2)14-13(15)12-7-10-5-3-4-6-11(10)17-12/h3-6,9,12H,7-8H2,1-2H3,(H,14,15)/t9-,12+/m1/s1. The highest BCUT2D eigenvalue weighted by Crippen LogP contribution is 2.36. The van der Waals surface area contributed by atoms with Crippen molar-refractivity contribution in [2.45, 2.75) is 29.5 Å². The van der Waals surface area contributed by atoms with Gasteiger partial charge in [-0.2, -0.15) is 0 Å². The molecule has 0 bridgehead atoms. The largest absolute Gasteiger partial charge is 0.383 e. The third-order valence-corrected chi connectivity index (χ3v) is 4.06. The lowest BCUT2D eigenvalue weighted by Crippen LogP contribution is -2.40. The number of nitrogens with one attached hydrogen (secondary N) is 1. The molecule has 1 amide bonds. The first-order valence-electron chi connectivity index (χ1n) is 5.74. The van der Waals surface area contributed by atoms with Crippen molar-refractivity contribution in [2.24, 2.45) is 0 Å². The van der Waals surface area contributed by atoms with Crippen LogP contribution in [0, 0.1) is 0 Å². The zero-order valence-corrected chi connectivity index (χ0v) is 10.9. The molecular weight excluding hydrogens is 234 g/mol. The van der Waals surface area contributed by atoms with E-state index in [0.717, 1.165) is 6.42 Å². The lowest BCUT2D eigenvalue weighted by atomic mass is 10.1. The average Bonchev–Trinajstić information content (AvgIpc) is 2.72. The van der Waals surface area contributed by atoms with Gasteiger partial charge < -0.3 is 10.1 Å². The summed E-state index contributed by atoms with van der Waals surface area (Å²) in [5, 5.41) is 2.98. The highest BCUT2D eigenvalue weighted by atomic mass is 32.2. The average molecular weight is 251 g/mol. The molecule has 0 saturated carbocycles. The van der Waals surface area contributed by atoms with Crippen molar-refractivity contribution < 1.29 is 9.53 Å². The number of thioether (sulfide) groups is 1. The summed E-state index contributed by atoms with van der Waals surface area (Å²) in [5.74, 6) is 0.107. The number of hydrogen-bond acceptors (Lipinski definition) is 3. The maximum Gasteiger partial charge on any atom is 0.234 e. The molecule has 0 radical (unpaired) electrons. The minimum Gasteiger partial charge on any atom is -0.383 e. The fraction of sp³-hybridized carbons (Fsp3) is 0.462. The summed E-state index contributed by atoms with van der Waals surface area (Å²) in [4.78, 5) is 13.2. The number of ether oxygens (including phenoxy) is 1. The molecule has 1 heterocycles. The maximum absolute atomic E-state index is 12.0. The van der Waals surface area contributed by atoms with Crippen molar-refractivity contribution in [3.05, 3.63) is 29.8 Å². The van der Waals surface area contributed by atoms with E-state index in [1.165, 1.54) is 10.5 Å². The Hall–Kier alpha value is -1.00. The Bertz CT molecular complexity index is 383. The van der Waals surface area contributed by atoms with E-state index < -0.39 is 0 Å². The quantitative estimate of drug-likeness (QED) is 0.887. The Kier molecular flexibility index (Phi) is 4.07. The molecule has 2 rings (SSSR count). The molecule has 1 aliphatic heterocycles. The van der Waals surface area contributed by atoms with Gasteiger partial charge in [0, 0.05) is 18.0 Å². The number of carbonyl (C=O) groups excluding carboxylic acids is 1. The number of carbonyl (C=O) groups is 1. The van der Waals surface area contributed by atoms with E-state index >= 15 is 0 Å². The molecule has 1 aromatic rings. The number of benzene rings is 1. The molecule has 0 fully saturated rings. The van der Waals surface area contributed by atoms with Gasteiger partial charge in [0.15, 0.2) is 0 Å². The summed E-state index contributed by atoms with van der Waals surface area (Å²) < 4.78 is 5.01. The predicted molar refractivity (Wildman–Crippen MR) is 69.3 cm³/mol. The molecule has 2 atom stereocenters. The second-order valence-corrected chi connectivity index (χ2v) is 5.53. The maximum atomic E-state index is 12.0. The van der Waals surface area contributed by atoms with Crippen molar-refractivity contribution in [3.8, 4) is 0 Å². The molecule has 1 N–H and O–H groups in total. The highest BCUT2D eigenvalue weighted by molar-refractivity contribution is 8.01. The summed E-state index contributed by atoms with van der Waals surface area (Å²) in [7, 11) is 1.64. The Balaban J connectivity index is 1.92. The van der Waals surface area contributed by atoms with Crippen LogP contribution in [-0.2, 0) is 16.0 Å². The Labute approximate surface area is 106 Å². The second-order valence-electron chi connectivity index (χ2n) is 4.28. The first kappa shape index (κ1) is 12.5. The fourth-order valence-corrected chi connectivity index (χ4v) is 3.16. The third kappa shape index (κ3) is 3.01. The minimum absolute atomic E-state index is 0.00621. The summed E-state index contributed by atoms with van der Waals surface area (Å²) in [5.41, 5.74) is 1.28. The first-order valence-corrected chi connectivity index (χ1v) is 6.62. The van der Waals surface area contributed by atoms with Crippen LogP contribution in [0.25, 0.3) is 0 Å². The van der Waals surface area contributed by atoms with Crippen molar-refractivity contribution in [3.63, 3.8) is 0 Å². The predicted octanol–water partition coefficient (Wildman–Crippen LogP) is 1.85. The molecular formula is C13H17NO2S. The summed E-state index contributed by atoms with van der Waals surface area (Å²) in [6.45, 7) is 2.50. The van der Waals surface area contributed by atoms with Gasteiger partial charge in [-0.05, 0) is 25.0 Å². The van der Waals surface area contributed by atoms with Gasteiger partial charge in [0.1, 0.15) is 0 Å². The van der Waals surface area contributed by atoms with Gasteiger partial charge in [0.05, 0.1) is 11.9 Å². The first-order chi connectivity index (χ1) is 8.20. The number of fused-ring (bicyclic) bond motifs is 1. The topological polar surface area (TPSA) is 38.3 Å². The Morgan fingerprint density at radius 2 is 2.35 bits per heavy atom. The molecule has 0 unspecified atom stereocenters. The molecule has 1 aliphatic rings. The molecule has 0 spiro atoms. The number of rotatable bonds is 4. The van der Waals surface area contributed by atoms with Crippen LogP contribution in [0.15, 0.2) is 29.2 Å². The highest BCUT2D eigenvalue weighted by Gasteiger charge is 2.28. The van der Waals surface area contributed by atoms with E-state index in [1.54, 1.807) is 18.9 Å². The minimum atomic E-state index is 0.00621. The lowest BCUT2D eigenvalue weighted by molar-refractivity contribution is -0.121. The molecule has 0 aliphatic carbocycles. The van der Waals surface area contributed by atoms with Crippen molar-refractivity contribution in [1.82, 2.24) is 5.32 Å². The number of hydrogen-bond donors (Lipinski definition) is 1. The van der Waals surface area contributed by atoms with Gasteiger partial charge in [-0.3, -0.25) is 4.79 Å². The monoisotopic (exact) mass is 251 g/mol. The van der Waals surface area contributed by atoms with Crippen molar-refractivity contribution in [2.75, 3.05) is 13.7 Å². The van der Waals surface area contributed by atoms with Crippen LogP contribution in [0.4, 0.5) is 0 Å². The Morgan fingerprint density at radius 3 is 3.06 bits per heavy atom.